The molecular weight excluding hydrogens is 280 g/mol. The van der Waals surface area contributed by atoms with Crippen LogP contribution in [0, 0.1) is 6.92 Å². The third kappa shape index (κ3) is 2.47. The van der Waals surface area contributed by atoms with E-state index in [1.54, 1.807) is 6.20 Å². The second-order valence-electron chi connectivity index (χ2n) is 6.17. The van der Waals surface area contributed by atoms with Gasteiger partial charge in [0.2, 0.25) is 0 Å². The number of rotatable bonds is 2. The maximum absolute atomic E-state index is 5.97. The van der Waals surface area contributed by atoms with Crippen LogP contribution in [0.2, 0.25) is 0 Å². The van der Waals surface area contributed by atoms with Gasteiger partial charge < -0.3 is 14.2 Å². The van der Waals surface area contributed by atoms with Gasteiger partial charge in [0, 0.05) is 25.9 Å². The maximum atomic E-state index is 5.97. The van der Waals surface area contributed by atoms with Gasteiger partial charge in [-0.2, -0.15) is 4.98 Å². The van der Waals surface area contributed by atoms with E-state index in [9.17, 15) is 0 Å². The van der Waals surface area contributed by atoms with Gasteiger partial charge in [-0.05, 0) is 44.7 Å². The molecule has 0 N–H and O–H groups in total. The molecule has 6 nitrogen and oxygen atoms in total. The number of pyridine rings is 1. The van der Waals surface area contributed by atoms with Crippen LogP contribution in [0.3, 0.4) is 0 Å². The lowest BCUT2D eigenvalue weighted by molar-refractivity contribution is -0.0147. The van der Waals surface area contributed by atoms with Crippen molar-refractivity contribution in [3.63, 3.8) is 0 Å². The minimum atomic E-state index is 0.151. The van der Waals surface area contributed by atoms with Crippen molar-refractivity contribution in [3.05, 3.63) is 24.2 Å². The molecule has 6 heteroatoms. The average molecular weight is 300 g/mol. The van der Waals surface area contributed by atoms with Gasteiger partial charge in [-0.15, -0.1) is 0 Å². The number of anilines is 1. The first-order valence-electron chi connectivity index (χ1n) is 7.90. The van der Waals surface area contributed by atoms with E-state index in [-0.39, 0.29) is 5.60 Å². The number of nitrogens with zero attached hydrogens (tertiary/aromatic N) is 4. The first kappa shape index (κ1) is 13.7. The van der Waals surface area contributed by atoms with Gasteiger partial charge in [0.1, 0.15) is 5.82 Å². The summed E-state index contributed by atoms with van der Waals surface area (Å²) in [6.07, 6.45) is 6.41. The fraction of sp³-hybridized carbons (Fsp3) is 0.562. The van der Waals surface area contributed by atoms with Crippen molar-refractivity contribution >= 4 is 5.82 Å². The predicted molar refractivity (Wildman–Crippen MR) is 81.6 cm³/mol. The summed E-state index contributed by atoms with van der Waals surface area (Å²) in [5, 5.41) is 3.81. The molecule has 0 bridgehead atoms. The number of aryl methyl sites for hydroxylation is 1. The lowest BCUT2D eigenvalue weighted by Crippen LogP contribution is -2.44. The quantitative estimate of drug-likeness (QED) is 0.849. The van der Waals surface area contributed by atoms with Crippen molar-refractivity contribution in [2.45, 2.75) is 38.2 Å². The second-order valence-corrected chi connectivity index (χ2v) is 6.17. The van der Waals surface area contributed by atoms with Crippen LogP contribution in [-0.2, 0) is 4.74 Å². The Morgan fingerprint density at radius 3 is 2.64 bits per heavy atom. The molecule has 0 radical (unpaired) electrons. The van der Waals surface area contributed by atoms with E-state index in [0.717, 1.165) is 43.9 Å². The highest BCUT2D eigenvalue weighted by Crippen LogP contribution is 2.36. The fourth-order valence-corrected chi connectivity index (χ4v) is 3.41. The van der Waals surface area contributed by atoms with Crippen molar-refractivity contribution < 1.29 is 9.26 Å². The van der Waals surface area contributed by atoms with Crippen LogP contribution in [0.4, 0.5) is 5.82 Å². The molecular formula is C16H20N4O2. The highest BCUT2D eigenvalue weighted by Gasteiger charge is 2.38. The van der Waals surface area contributed by atoms with Crippen molar-refractivity contribution in [2.75, 3.05) is 24.6 Å². The van der Waals surface area contributed by atoms with Crippen molar-refractivity contribution in [2.24, 2.45) is 0 Å². The SMILES string of the molecule is Cc1noc(-c2ccc(N3CCC4(CCCO4)CC3)nc2)n1. The zero-order valence-electron chi connectivity index (χ0n) is 12.8. The van der Waals surface area contributed by atoms with Gasteiger partial charge in [0.15, 0.2) is 5.82 Å². The largest absolute Gasteiger partial charge is 0.375 e. The summed E-state index contributed by atoms with van der Waals surface area (Å²) in [5.41, 5.74) is 1.01. The van der Waals surface area contributed by atoms with E-state index in [2.05, 4.69) is 20.0 Å². The van der Waals surface area contributed by atoms with Crippen LogP contribution in [0.25, 0.3) is 11.5 Å². The lowest BCUT2D eigenvalue weighted by Gasteiger charge is -2.39. The average Bonchev–Trinajstić information content (AvgIpc) is 3.18. The van der Waals surface area contributed by atoms with Crippen LogP contribution < -0.4 is 4.90 Å². The third-order valence-corrected chi connectivity index (χ3v) is 4.71. The van der Waals surface area contributed by atoms with Crippen LogP contribution in [0.5, 0.6) is 0 Å². The summed E-state index contributed by atoms with van der Waals surface area (Å²) in [6.45, 7) is 4.75. The summed E-state index contributed by atoms with van der Waals surface area (Å²) >= 11 is 0. The molecule has 0 unspecified atom stereocenters. The molecule has 4 rings (SSSR count). The Labute approximate surface area is 129 Å². The van der Waals surface area contributed by atoms with E-state index >= 15 is 0 Å². The molecule has 0 atom stereocenters. The van der Waals surface area contributed by atoms with E-state index < -0.39 is 0 Å². The minimum absolute atomic E-state index is 0.151. The Kier molecular flexibility index (Phi) is 3.33. The zero-order chi connectivity index (χ0) is 15.0. The molecule has 4 heterocycles. The Bertz CT molecular complexity index is 636. The molecule has 0 amide bonds. The Hall–Kier alpha value is -1.95. The van der Waals surface area contributed by atoms with Gasteiger partial charge >= 0.3 is 0 Å². The highest BCUT2D eigenvalue weighted by atomic mass is 16.5. The third-order valence-electron chi connectivity index (χ3n) is 4.71. The smallest absolute Gasteiger partial charge is 0.259 e. The number of piperidine rings is 1. The fourth-order valence-electron chi connectivity index (χ4n) is 3.41. The van der Waals surface area contributed by atoms with E-state index in [4.69, 9.17) is 9.26 Å². The monoisotopic (exact) mass is 300 g/mol. The predicted octanol–water partition coefficient (Wildman–Crippen LogP) is 2.59. The molecule has 2 aromatic heterocycles. The molecule has 0 saturated carbocycles. The first-order chi connectivity index (χ1) is 10.7. The van der Waals surface area contributed by atoms with Gasteiger partial charge in [-0.3, -0.25) is 0 Å². The molecule has 22 heavy (non-hydrogen) atoms. The number of hydrogen-bond acceptors (Lipinski definition) is 6. The summed E-state index contributed by atoms with van der Waals surface area (Å²) in [6, 6.07) is 4.02. The Morgan fingerprint density at radius 1 is 1.18 bits per heavy atom. The molecule has 2 fully saturated rings. The normalized spacial score (nSPS) is 20.7. The molecule has 0 aromatic carbocycles. The minimum Gasteiger partial charge on any atom is -0.375 e. The molecule has 2 aromatic rings. The Balaban J connectivity index is 1.45. The Morgan fingerprint density at radius 2 is 2.05 bits per heavy atom. The summed E-state index contributed by atoms with van der Waals surface area (Å²) in [4.78, 5) is 11.1. The summed E-state index contributed by atoms with van der Waals surface area (Å²) in [5.74, 6) is 2.17. The van der Waals surface area contributed by atoms with Crippen LogP contribution >= 0.6 is 0 Å². The van der Waals surface area contributed by atoms with Gasteiger partial charge in [0.25, 0.3) is 5.89 Å². The van der Waals surface area contributed by atoms with E-state index in [1.165, 1.54) is 12.8 Å². The maximum Gasteiger partial charge on any atom is 0.259 e. The second kappa shape index (κ2) is 5.35. The molecule has 0 aliphatic carbocycles. The topological polar surface area (TPSA) is 64.3 Å². The molecule has 2 aliphatic rings. The zero-order valence-corrected chi connectivity index (χ0v) is 12.8. The number of ether oxygens (including phenoxy) is 1. The molecule has 2 aliphatic heterocycles. The van der Waals surface area contributed by atoms with Crippen molar-refractivity contribution in [1.29, 1.82) is 0 Å². The van der Waals surface area contributed by atoms with Crippen LogP contribution in [-0.4, -0.2) is 40.4 Å². The number of hydrogen-bond donors (Lipinski definition) is 0. The van der Waals surface area contributed by atoms with Crippen molar-refractivity contribution in [3.8, 4) is 11.5 Å². The standard InChI is InChI=1S/C16H20N4O2/c1-12-18-15(22-19-12)13-3-4-14(17-11-13)20-8-6-16(7-9-20)5-2-10-21-16/h3-4,11H,2,5-10H2,1H3. The van der Waals surface area contributed by atoms with Gasteiger partial charge in [0.05, 0.1) is 11.2 Å². The summed E-state index contributed by atoms with van der Waals surface area (Å²) < 4.78 is 11.1. The highest BCUT2D eigenvalue weighted by molar-refractivity contribution is 5.54. The lowest BCUT2D eigenvalue weighted by atomic mass is 9.89. The molecule has 116 valence electrons. The number of aromatic nitrogens is 3. The van der Waals surface area contributed by atoms with Crippen molar-refractivity contribution in [1.82, 2.24) is 15.1 Å². The summed E-state index contributed by atoms with van der Waals surface area (Å²) in [7, 11) is 0. The van der Waals surface area contributed by atoms with Crippen LogP contribution in [0.15, 0.2) is 22.9 Å². The van der Waals surface area contributed by atoms with Crippen LogP contribution in [0.1, 0.15) is 31.5 Å². The molecule has 2 saturated heterocycles. The van der Waals surface area contributed by atoms with Gasteiger partial charge in [-0.25, -0.2) is 4.98 Å². The molecule has 1 spiro atoms. The van der Waals surface area contributed by atoms with E-state index in [0.29, 0.717) is 11.7 Å². The van der Waals surface area contributed by atoms with E-state index in [1.807, 2.05) is 19.1 Å². The first-order valence-corrected chi connectivity index (χ1v) is 7.90. The van der Waals surface area contributed by atoms with Gasteiger partial charge in [-0.1, -0.05) is 5.16 Å².